The minimum absolute atomic E-state index is 0.0868. The lowest BCUT2D eigenvalue weighted by Gasteiger charge is -2.04. The maximum Gasteiger partial charge on any atom is 0.200 e. The van der Waals surface area contributed by atoms with Crippen LogP contribution in [0.15, 0.2) is 36.5 Å². The summed E-state index contributed by atoms with van der Waals surface area (Å²) in [5.41, 5.74) is 7.26. The molecule has 2 heterocycles. The molecule has 0 radical (unpaired) electrons. The van der Waals surface area contributed by atoms with Crippen LogP contribution < -0.4 is 10.5 Å². The van der Waals surface area contributed by atoms with Crippen LogP contribution in [-0.4, -0.2) is 32.4 Å². The minimum Gasteiger partial charge on any atom is -0.507 e. The quantitative estimate of drug-likeness (QED) is 0.676. The Morgan fingerprint density at radius 3 is 2.81 bits per heavy atom. The Bertz CT molecular complexity index is 767. The first-order chi connectivity index (χ1) is 10.2. The number of rotatable bonds is 3. The number of aromatic nitrogens is 4. The van der Waals surface area contributed by atoms with Crippen LogP contribution in [0.25, 0.3) is 22.9 Å². The van der Waals surface area contributed by atoms with E-state index in [1.807, 2.05) is 0 Å². The molecular formula is C14H13N5O2. The van der Waals surface area contributed by atoms with Gasteiger partial charge < -0.3 is 15.6 Å². The first-order valence-corrected chi connectivity index (χ1v) is 6.19. The highest BCUT2D eigenvalue weighted by molar-refractivity contribution is 5.67. The molecule has 106 valence electrons. The van der Waals surface area contributed by atoms with E-state index in [2.05, 4.69) is 20.2 Å². The number of phenolic OH excluding ortho intramolecular Hbond substituents is 1. The third-order valence-electron chi connectivity index (χ3n) is 2.96. The van der Waals surface area contributed by atoms with E-state index in [0.717, 1.165) is 0 Å². The molecule has 0 aliphatic carbocycles. The number of nitrogens with two attached hydrogens (primary N) is 1. The number of ether oxygens (including phenoxy) is 1. The second kappa shape index (κ2) is 5.12. The van der Waals surface area contributed by atoms with Gasteiger partial charge in [-0.2, -0.15) is 5.10 Å². The van der Waals surface area contributed by atoms with Crippen molar-refractivity contribution in [2.75, 3.05) is 12.8 Å². The lowest BCUT2D eigenvalue weighted by Crippen LogP contribution is -1.89. The van der Waals surface area contributed by atoms with Gasteiger partial charge in [0.1, 0.15) is 17.2 Å². The molecule has 0 amide bonds. The molecule has 0 aliphatic rings. The van der Waals surface area contributed by atoms with Gasteiger partial charge in [0.25, 0.3) is 0 Å². The number of H-pyrrole nitrogens is 1. The normalized spacial score (nSPS) is 10.5. The SMILES string of the molecule is COc1ccc(O)c(-c2nc(-c3ccc(N)cn3)n[nH]2)c1. The Kier molecular flexibility index (Phi) is 3.15. The third kappa shape index (κ3) is 2.48. The van der Waals surface area contributed by atoms with Gasteiger partial charge in [0.15, 0.2) is 11.6 Å². The Morgan fingerprint density at radius 2 is 2.10 bits per heavy atom. The zero-order valence-electron chi connectivity index (χ0n) is 11.2. The molecule has 4 N–H and O–H groups in total. The van der Waals surface area contributed by atoms with Crippen LogP contribution in [0.5, 0.6) is 11.5 Å². The minimum atomic E-state index is 0.0868. The van der Waals surface area contributed by atoms with Gasteiger partial charge in [0.2, 0.25) is 0 Å². The topological polar surface area (TPSA) is 110 Å². The van der Waals surface area contributed by atoms with Crippen molar-refractivity contribution < 1.29 is 9.84 Å². The van der Waals surface area contributed by atoms with E-state index in [-0.39, 0.29) is 5.75 Å². The van der Waals surface area contributed by atoms with Gasteiger partial charge in [-0.1, -0.05) is 0 Å². The summed E-state index contributed by atoms with van der Waals surface area (Å²) in [4.78, 5) is 8.49. The molecule has 0 spiro atoms. The van der Waals surface area contributed by atoms with Crippen molar-refractivity contribution in [3.05, 3.63) is 36.5 Å². The zero-order chi connectivity index (χ0) is 14.8. The highest BCUT2D eigenvalue weighted by Gasteiger charge is 2.13. The van der Waals surface area contributed by atoms with Gasteiger partial charge >= 0.3 is 0 Å². The predicted octanol–water partition coefficient (Wildman–Crippen LogP) is 1.83. The van der Waals surface area contributed by atoms with Crippen LogP contribution in [-0.2, 0) is 0 Å². The number of nitrogen functional groups attached to an aromatic ring is 1. The van der Waals surface area contributed by atoms with E-state index in [4.69, 9.17) is 10.5 Å². The fourth-order valence-electron chi connectivity index (χ4n) is 1.87. The fraction of sp³-hybridized carbons (Fsp3) is 0.0714. The van der Waals surface area contributed by atoms with Crippen LogP contribution in [0.1, 0.15) is 0 Å². The van der Waals surface area contributed by atoms with Crippen LogP contribution in [0, 0.1) is 0 Å². The number of phenols is 1. The van der Waals surface area contributed by atoms with Crippen molar-refractivity contribution in [3.8, 4) is 34.4 Å². The predicted molar refractivity (Wildman–Crippen MR) is 77.7 cm³/mol. The van der Waals surface area contributed by atoms with Crippen LogP contribution in [0.2, 0.25) is 0 Å². The summed E-state index contributed by atoms with van der Waals surface area (Å²) >= 11 is 0. The van der Waals surface area contributed by atoms with E-state index in [0.29, 0.717) is 34.3 Å². The molecule has 3 aromatic rings. The first kappa shape index (κ1) is 12.9. The number of aromatic amines is 1. The third-order valence-corrected chi connectivity index (χ3v) is 2.96. The summed E-state index contributed by atoms with van der Waals surface area (Å²) in [5, 5.41) is 16.8. The number of nitrogens with one attached hydrogen (secondary N) is 1. The Balaban J connectivity index is 2.00. The summed E-state index contributed by atoms with van der Waals surface area (Å²) in [6.45, 7) is 0. The molecule has 0 aliphatic heterocycles. The Morgan fingerprint density at radius 1 is 1.24 bits per heavy atom. The number of hydrogen-bond acceptors (Lipinski definition) is 6. The standard InChI is InChI=1S/C14H13N5O2/c1-21-9-3-5-12(20)10(6-9)13-17-14(19-18-13)11-4-2-8(15)7-16-11/h2-7,20H,15H2,1H3,(H,17,18,19). The molecule has 0 bridgehead atoms. The van der Waals surface area contributed by atoms with Gasteiger partial charge in [-0.3, -0.25) is 10.1 Å². The number of nitrogens with zero attached hydrogens (tertiary/aromatic N) is 3. The number of hydrogen-bond donors (Lipinski definition) is 3. The van der Waals surface area contributed by atoms with Crippen LogP contribution in [0.4, 0.5) is 5.69 Å². The molecule has 0 saturated carbocycles. The van der Waals surface area contributed by atoms with Gasteiger partial charge in [-0.25, -0.2) is 4.98 Å². The number of anilines is 1. The highest BCUT2D eigenvalue weighted by Crippen LogP contribution is 2.31. The highest BCUT2D eigenvalue weighted by atomic mass is 16.5. The monoisotopic (exact) mass is 283 g/mol. The number of methoxy groups -OCH3 is 1. The lowest BCUT2D eigenvalue weighted by molar-refractivity contribution is 0.412. The molecule has 21 heavy (non-hydrogen) atoms. The van der Waals surface area contributed by atoms with Crippen molar-refractivity contribution in [1.82, 2.24) is 20.2 Å². The molecule has 3 rings (SSSR count). The Hall–Kier alpha value is -3.09. The van der Waals surface area contributed by atoms with E-state index in [9.17, 15) is 5.11 Å². The zero-order valence-corrected chi connectivity index (χ0v) is 11.2. The molecule has 1 aromatic carbocycles. The number of benzene rings is 1. The average Bonchev–Trinajstić information content (AvgIpc) is 2.98. The summed E-state index contributed by atoms with van der Waals surface area (Å²) < 4.78 is 5.14. The molecular weight excluding hydrogens is 270 g/mol. The van der Waals surface area contributed by atoms with Crippen molar-refractivity contribution in [1.29, 1.82) is 0 Å². The molecule has 0 atom stereocenters. The molecule has 7 heteroatoms. The summed E-state index contributed by atoms with van der Waals surface area (Å²) in [6, 6.07) is 8.33. The molecule has 2 aromatic heterocycles. The van der Waals surface area contributed by atoms with Gasteiger partial charge in [0.05, 0.1) is 24.6 Å². The largest absolute Gasteiger partial charge is 0.507 e. The van der Waals surface area contributed by atoms with Crippen LogP contribution in [0.3, 0.4) is 0 Å². The van der Waals surface area contributed by atoms with Crippen molar-refractivity contribution in [2.24, 2.45) is 0 Å². The summed E-state index contributed by atoms with van der Waals surface area (Å²) in [5.74, 6) is 1.56. The van der Waals surface area contributed by atoms with E-state index in [1.165, 1.54) is 12.3 Å². The van der Waals surface area contributed by atoms with Crippen molar-refractivity contribution in [2.45, 2.75) is 0 Å². The van der Waals surface area contributed by atoms with Crippen molar-refractivity contribution in [3.63, 3.8) is 0 Å². The van der Waals surface area contributed by atoms with E-state index >= 15 is 0 Å². The fourth-order valence-corrected chi connectivity index (χ4v) is 1.87. The Labute approximate surface area is 120 Å². The lowest BCUT2D eigenvalue weighted by atomic mass is 10.2. The number of pyridine rings is 1. The van der Waals surface area contributed by atoms with Crippen LogP contribution >= 0.6 is 0 Å². The average molecular weight is 283 g/mol. The second-order valence-electron chi connectivity index (χ2n) is 4.37. The van der Waals surface area contributed by atoms with Crippen molar-refractivity contribution >= 4 is 5.69 Å². The van der Waals surface area contributed by atoms with Gasteiger partial charge in [0, 0.05) is 0 Å². The molecule has 0 fully saturated rings. The van der Waals surface area contributed by atoms with Gasteiger partial charge in [-0.05, 0) is 30.3 Å². The number of aromatic hydroxyl groups is 1. The maximum atomic E-state index is 9.92. The molecule has 0 saturated heterocycles. The van der Waals surface area contributed by atoms with E-state index in [1.54, 1.807) is 31.4 Å². The summed E-state index contributed by atoms with van der Waals surface area (Å²) in [7, 11) is 1.56. The smallest absolute Gasteiger partial charge is 0.200 e. The molecule has 7 nitrogen and oxygen atoms in total. The van der Waals surface area contributed by atoms with E-state index < -0.39 is 0 Å². The first-order valence-electron chi connectivity index (χ1n) is 6.19. The maximum absolute atomic E-state index is 9.92. The summed E-state index contributed by atoms with van der Waals surface area (Å²) in [6.07, 6.45) is 1.54. The van der Waals surface area contributed by atoms with Gasteiger partial charge in [-0.15, -0.1) is 0 Å². The second-order valence-corrected chi connectivity index (χ2v) is 4.37. The molecule has 0 unspecified atom stereocenters.